The molecule has 0 spiro atoms. The van der Waals surface area contributed by atoms with E-state index in [0.29, 0.717) is 10.0 Å². The van der Waals surface area contributed by atoms with Crippen molar-refractivity contribution in [3.8, 4) is 0 Å². The second kappa shape index (κ2) is 6.94. The number of aliphatic hydroxyl groups is 1. The van der Waals surface area contributed by atoms with Crippen molar-refractivity contribution >= 4 is 28.9 Å². The zero-order valence-electron chi connectivity index (χ0n) is 8.47. The third-order valence-corrected chi connectivity index (χ3v) is 2.64. The van der Waals surface area contributed by atoms with Crippen LogP contribution in [0.15, 0.2) is 18.2 Å². The van der Waals surface area contributed by atoms with Gasteiger partial charge >= 0.3 is 0 Å². The highest BCUT2D eigenvalue weighted by Crippen LogP contribution is 2.25. The zero-order chi connectivity index (χ0) is 11.1. The van der Waals surface area contributed by atoms with Crippen molar-refractivity contribution in [3.63, 3.8) is 0 Å². The largest absolute Gasteiger partial charge is 0.396 e. The first-order valence-electron chi connectivity index (χ1n) is 5.04. The predicted octanol–water partition coefficient (Wildman–Crippen LogP) is 3.57. The molecule has 1 aromatic rings. The fourth-order valence-corrected chi connectivity index (χ4v) is 1.63. The van der Waals surface area contributed by atoms with E-state index >= 15 is 0 Å². The molecule has 0 bridgehead atoms. The van der Waals surface area contributed by atoms with Gasteiger partial charge in [0.1, 0.15) is 0 Å². The summed E-state index contributed by atoms with van der Waals surface area (Å²) in [6.07, 6.45) is 2.88. The lowest BCUT2D eigenvalue weighted by Crippen LogP contribution is -2.02. The van der Waals surface area contributed by atoms with Crippen molar-refractivity contribution in [2.24, 2.45) is 0 Å². The average molecular weight is 248 g/mol. The molecule has 4 heteroatoms. The second-order valence-electron chi connectivity index (χ2n) is 3.34. The Kier molecular flexibility index (Phi) is 5.84. The highest BCUT2D eigenvalue weighted by Gasteiger charge is 1.99. The highest BCUT2D eigenvalue weighted by molar-refractivity contribution is 6.35. The molecule has 0 saturated carbocycles. The van der Waals surface area contributed by atoms with Gasteiger partial charge in [-0.3, -0.25) is 0 Å². The topological polar surface area (TPSA) is 32.3 Å². The van der Waals surface area contributed by atoms with Gasteiger partial charge in [0.25, 0.3) is 0 Å². The third kappa shape index (κ3) is 4.74. The summed E-state index contributed by atoms with van der Waals surface area (Å²) in [6.45, 7) is 1.11. The SMILES string of the molecule is OCCCCCNc1cc(Cl)ccc1Cl. The molecular formula is C11H15Cl2NO. The van der Waals surface area contributed by atoms with Crippen molar-refractivity contribution in [2.45, 2.75) is 19.3 Å². The van der Waals surface area contributed by atoms with Crippen LogP contribution in [0.1, 0.15) is 19.3 Å². The van der Waals surface area contributed by atoms with Gasteiger partial charge in [0, 0.05) is 18.2 Å². The molecule has 0 aliphatic carbocycles. The van der Waals surface area contributed by atoms with Crippen molar-refractivity contribution in [2.75, 3.05) is 18.5 Å². The summed E-state index contributed by atoms with van der Waals surface area (Å²) in [5.41, 5.74) is 0.869. The monoisotopic (exact) mass is 247 g/mol. The molecule has 0 heterocycles. The minimum atomic E-state index is 0.262. The van der Waals surface area contributed by atoms with Crippen LogP contribution in [0.4, 0.5) is 5.69 Å². The Morgan fingerprint density at radius 2 is 1.93 bits per heavy atom. The maximum atomic E-state index is 8.60. The van der Waals surface area contributed by atoms with Gasteiger partial charge in [-0.15, -0.1) is 0 Å². The van der Waals surface area contributed by atoms with Crippen LogP contribution < -0.4 is 5.32 Å². The van der Waals surface area contributed by atoms with Crippen LogP contribution in [0, 0.1) is 0 Å². The Morgan fingerprint density at radius 3 is 2.67 bits per heavy atom. The number of hydrogen-bond donors (Lipinski definition) is 2. The Balaban J connectivity index is 2.33. The van der Waals surface area contributed by atoms with E-state index in [1.807, 2.05) is 6.07 Å². The summed E-state index contributed by atoms with van der Waals surface area (Å²) in [5.74, 6) is 0. The molecule has 2 nitrogen and oxygen atoms in total. The minimum Gasteiger partial charge on any atom is -0.396 e. The van der Waals surface area contributed by atoms with Gasteiger partial charge in [0.15, 0.2) is 0 Å². The van der Waals surface area contributed by atoms with Crippen LogP contribution in [-0.4, -0.2) is 18.3 Å². The summed E-state index contributed by atoms with van der Waals surface area (Å²) < 4.78 is 0. The fourth-order valence-electron chi connectivity index (χ4n) is 1.27. The zero-order valence-corrected chi connectivity index (χ0v) is 9.98. The Bertz CT molecular complexity index is 305. The molecule has 2 N–H and O–H groups in total. The maximum Gasteiger partial charge on any atom is 0.0638 e. The molecule has 15 heavy (non-hydrogen) atoms. The van der Waals surface area contributed by atoms with Gasteiger partial charge in [-0.05, 0) is 37.5 Å². The first-order valence-corrected chi connectivity index (χ1v) is 5.79. The maximum absolute atomic E-state index is 8.60. The molecule has 0 aromatic heterocycles. The quantitative estimate of drug-likeness (QED) is 0.754. The van der Waals surface area contributed by atoms with E-state index in [9.17, 15) is 0 Å². The van der Waals surface area contributed by atoms with Crippen molar-refractivity contribution in [1.82, 2.24) is 0 Å². The molecule has 0 aliphatic heterocycles. The van der Waals surface area contributed by atoms with Crippen molar-refractivity contribution in [3.05, 3.63) is 28.2 Å². The summed E-state index contributed by atoms with van der Waals surface area (Å²) >= 11 is 11.8. The van der Waals surface area contributed by atoms with Gasteiger partial charge in [0.05, 0.1) is 10.7 Å². The molecule has 0 fully saturated rings. The number of hydrogen-bond acceptors (Lipinski definition) is 2. The third-order valence-electron chi connectivity index (χ3n) is 2.08. The number of nitrogens with one attached hydrogen (secondary N) is 1. The summed E-state index contributed by atoms with van der Waals surface area (Å²) in [6, 6.07) is 5.36. The van der Waals surface area contributed by atoms with E-state index in [0.717, 1.165) is 31.5 Å². The molecule has 0 amide bonds. The lowest BCUT2D eigenvalue weighted by atomic mass is 10.2. The average Bonchev–Trinajstić information content (AvgIpc) is 2.23. The van der Waals surface area contributed by atoms with Crippen LogP contribution in [0.2, 0.25) is 10.0 Å². The van der Waals surface area contributed by atoms with E-state index in [1.54, 1.807) is 12.1 Å². The van der Waals surface area contributed by atoms with Gasteiger partial charge in [0.2, 0.25) is 0 Å². The molecule has 0 atom stereocenters. The molecule has 0 saturated heterocycles. The first-order chi connectivity index (χ1) is 7.24. The van der Waals surface area contributed by atoms with Crippen LogP contribution in [0.25, 0.3) is 0 Å². The standard InChI is InChI=1S/C11H15Cl2NO/c12-9-4-5-10(13)11(8-9)14-6-2-1-3-7-15/h4-5,8,14-15H,1-3,6-7H2. The van der Waals surface area contributed by atoms with E-state index in [4.69, 9.17) is 28.3 Å². The van der Waals surface area contributed by atoms with Crippen LogP contribution in [0.3, 0.4) is 0 Å². The molecular weight excluding hydrogens is 233 g/mol. The number of unbranched alkanes of at least 4 members (excludes halogenated alkanes) is 2. The lowest BCUT2D eigenvalue weighted by molar-refractivity contribution is 0.283. The number of rotatable bonds is 6. The molecule has 0 unspecified atom stereocenters. The number of aliphatic hydroxyl groups excluding tert-OH is 1. The summed E-state index contributed by atoms with van der Waals surface area (Å²) in [7, 11) is 0. The Hall–Kier alpha value is -0.440. The van der Waals surface area contributed by atoms with Crippen LogP contribution in [-0.2, 0) is 0 Å². The second-order valence-corrected chi connectivity index (χ2v) is 4.18. The summed E-state index contributed by atoms with van der Waals surface area (Å²) in [5, 5.41) is 13.2. The van der Waals surface area contributed by atoms with Gasteiger partial charge in [-0.2, -0.15) is 0 Å². The number of halogens is 2. The Labute approximate surface area is 100 Å². The number of anilines is 1. The first kappa shape index (κ1) is 12.6. The van der Waals surface area contributed by atoms with E-state index in [-0.39, 0.29) is 6.61 Å². The molecule has 84 valence electrons. The Morgan fingerprint density at radius 1 is 1.13 bits per heavy atom. The van der Waals surface area contributed by atoms with E-state index in [1.165, 1.54) is 0 Å². The van der Waals surface area contributed by atoms with E-state index < -0.39 is 0 Å². The predicted molar refractivity (Wildman–Crippen MR) is 65.9 cm³/mol. The van der Waals surface area contributed by atoms with Crippen LogP contribution >= 0.6 is 23.2 Å². The smallest absolute Gasteiger partial charge is 0.0638 e. The minimum absolute atomic E-state index is 0.262. The lowest BCUT2D eigenvalue weighted by Gasteiger charge is -2.08. The normalized spacial score (nSPS) is 10.3. The van der Waals surface area contributed by atoms with Crippen molar-refractivity contribution < 1.29 is 5.11 Å². The molecule has 1 aromatic carbocycles. The van der Waals surface area contributed by atoms with Crippen molar-refractivity contribution in [1.29, 1.82) is 0 Å². The molecule has 0 aliphatic rings. The van der Waals surface area contributed by atoms with E-state index in [2.05, 4.69) is 5.32 Å². The number of benzene rings is 1. The fraction of sp³-hybridized carbons (Fsp3) is 0.455. The van der Waals surface area contributed by atoms with Gasteiger partial charge in [-0.1, -0.05) is 23.2 Å². The van der Waals surface area contributed by atoms with Gasteiger partial charge in [-0.25, -0.2) is 0 Å². The molecule has 0 radical (unpaired) electrons. The summed E-state index contributed by atoms with van der Waals surface area (Å²) in [4.78, 5) is 0. The van der Waals surface area contributed by atoms with Gasteiger partial charge < -0.3 is 10.4 Å². The van der Waals surface area contributed by atoms with Crippen LogP contribution in [0.5, 0.6) is 0 Å². The highest BCUT2D eigenvalue weighted by atomic mass is 35.5. The molecule has 1 rings (SSSR count).